The predicted octanol–water partition coefficient (Wildman–Crippen LogP) is 3.42. The van der Waals surface area contributed by atoms with E-state index in [1.807, 2.05) is 0 Å². The molecule has 3 aliphatic rings. The summed E-state index contributed by atoms with van der Waals surface area (Å²) >= 11 is 0. The highest BCUT2D eigenvalue weighted by molar-refractivity contribution is 5.65. The third kappa shape index (κ3) is 3.98. The first-order chi connectivity index (χ1) is 12.8. The van der Waals surface area contributed by atoms with Crippen molar-refractivity contribution >= 4 is 6.09 Å². The molecule has 3 heterocycles. The highest BCUT2D eigenvalue weighted by Crippen LogP contribution is 2.39. The van der Waals surface area contributed by atoms with E-state index >= 15 is 0 Å². The van der Waals surface area contributed by atoms with Crippen LogP contribution in [0.2, 0.25) is 0 Å². The topological polar surface area (TPSA) is 85.4 Å². The lowest BCUT2D eigenvalue weighted by atomic mass is 9.78. The van der Waals surface area contributed by atoms with Crippen LogP contribution in [0.5, 0.6) is 0 Å². The van der Waals surface area contributed by atoms with Gasteiger partial charge in [-0.05, 0) is 50.5 Å². The van der Waals surface area contributed by atoms with Gasteiger partial charge in [-0.3, -0.25) is 10.00 Å². The van der Waals surface area contributed by atoms with Crippen molar-refractivity contribution in [2.45, 2.75) is 83.2 Å². The van der Waals surface area contributed by atoms with Crippen LogP contribution in [0.15, 0.2) is 0 Å². The molecule has 7 heteroatoms. The van der Waals surface area contributed by atoms with Crippen molar-refractivity contribution in [3.8, 4) is 0 Å². The first kappa shape index (κ1) is 18.7. The van der Waals surface area contributed by atoms with Gasteiger partial charge in [-0.1, -0.05) is 20.8 Å². The molecule has 1 aliphatic carbocycles. The summed E-state index contributed by atoms with van der Waals surface area (Å²) in [4.78, 5) is 20.7. The van der Waals surface area contributed by atoms with Crippen LogP contribution in [0.25, 0.3) is 0 Å². The number of carbonyl (C=O) groups is 1. The number of carboxylic acid groups (broad SMARTS) is 1. The molecular weight excluding hydrogens is 342 g/mol. The Morgan fingerprint density at radius 3 is 2.59 bits per heavy atom. The number of nitrogens with one attached hydrogen (secondary N) is 1. The molecule has 1 amide bonds. The largest absolute Gasteiger partial charge is 0.465 e. The zero-order valence-electron chi connectivity index (χ0n) is 16.8. The van der Waals surface area contributed by atoms with E-state index in [0.29, 0.717) is 24.4 Å². The molecule has 2 aliphatic heterocycles. The number of likely N-dealkylation sites (tertiary alicyclic amines) is 2. The van der Waals surface area contributed by atoms with Gasteiger partial charge in [-0.2, -0.15) is 5.10 Å². The van der Waals surface area contributed by atoms with Gasteiger partial charge in [0.25, 0.3) is 0 Å². The van der Waals surface area contributed by atoms with Crippen molar-refractivity contribution in [1.29, 1.82) is 0 Å². The average molecular weight is 376 g/mol. The maximum atomic E-state index is 11.7. The van der Waals surface area contributed by atoms with E-state index < -0.39 is 6.09 Å². The van der Waals surface area contributed by atoms with Crippen molar-refractivity contribution in [3.05, 3.63) is 11.6 Å². The molecule has 0 radical (unpaired) electrons. The maximum absolute atomic E-state index is 11.7. The lowest BCUT2D eigenvalue weighted by molar-refractivity contribution is 0.0123. The molecule has 3 atom stereocenters. The van der Waals surface area contributed by atoms with Crippen molar-refractivity contribution in [2.24, 2.45) is 5.41 Å². The van der Waals surface area contributed by atoms with E-state index in [9.17, 15) is 9.90 Å². The summed E-state index contributed by atoms with van der Waals surface area (Å²) < 4.78 is 0. The first-order valence-electron chi connectivity index (χ1n) is 10.5. The molecule has 1 saturated carbocycles. The minimum atomic E-state index is -0.779. The molecule has 0 bridgehead atoms. The van der Waals surface area contributed by atoms with Crippen LogP contribution >= 0.6 is 0 Å². The lowest BCUT2D eigenvalue weighted by Gasteiger charge is -2.48. The van der Waals surface area contributed by atoms with Gasteiger partial charge in [0, 0.05) is 37.0 Å². The fourth-order valence-electron chi connectivity index (χ4n) is 4.88. The Kier molecular flexibility index (Phi) is 4.91. The van der Waals surface area contributed by atoms with Gasteiger partial charge >= 0.3 is 6.09 Å². The Morgan fingerprint density at radius 1 is 1.15 bits per heavy atom. The molecule has 3 unspecified atom stereocenters. The van der Waals surface area contributed by atoms with E-state index in [2.05, 4.69) is 35.9 Å². The summed E-state index contributed by atoms with van der Waals surface area (Å²) in [5, 5.41) is 17.2. The smallest absolute Gasteiger partial charge is 0.407 e. The van der Waals surface area contributed by atoms with Crippen LogP contribution < -0.4 is 0 Å². The molecule has 150 valence electrons. The molecule has 1 aromatic rings. The standard InChI is InChI=1S/C20H33N5O2/c1-20(2,3)16-11-15(8-10-25(16)19(26)27)24-9-4-5-14(12-24)18-21-17(22-23-18)13-6-7-13/h13-16H,4-12H2,1-3H3,(H,26,27)(H,21,22,23). The fourth-order valence-corrected chi connectivity index (χ4v) is 4.88. The Balaban J connectivity index is 1.43. The molecular formula is C20H33N5O2. The number of amides is 1. The molecule has 0 spiro atoms. The van der Waals surface area contributed by atoms with Crippen molar-refractivity contribution in [1.82, 2.24) is 25.0 Å². The van der Waals surface area contributed by atoms with Crippen LogP contribution in [0, 0.1) is 5.41 Å². The predicted molar refractivity (Wildman–Crippen MR) is 103 cm³/mol. The number of hydrogen-bond acceptors (Lipinski definition) is 4. The molecule has 0 aromatic carbocycles. The Bertz CT molecular complexity index is 678. The van der Waals surface area contributed by atoms with Gasteiger partial charge < -0.3 is 10.0 Å². The van der Waals surface area contributed by atoms with Gasteiger partial charge in [0.15, 0.2) is 5.82 Å². The van der Waals surface area contributed by atoms with Gasteiger partial charge in [0.05, 0.1) is 0 Å². The highest BCUT2D eigenvalue weighted by Gasteiger charge is 2.41. The van der Waals surface area contributed by atoms with Gasteiger partial charge in [-0.25, -0.2) is 9.78 Å². The van der Waals surface area contributed by atoms with Crippen molar-refractivity contribution < 1.29 is 9.90 Å². The average Bonchev–Trinajstić information content (AvgIpc) is 3.37. The van der Waals surface area contributed by atoms with Crippen molar-refractivity contribution in [3.63, 3.8) is 0 Å². The number of aromatic amines is 1. The summed E-state index contributed by atoms with van der Waals surface area (Å²) in [6.45, 7) is 9.22. The second-order valence-corrected chi connectivity index (χ2v) is 9.72. The number of piperidine rings is 2. The van der Waals surface area contributed by atoms with E-state index in [1.54, 1.807) is 4.90 Å². The minimum Gasteiger partial charge on any atom is -0.465 e. The van der Waals surface area contributed by atoms with Gasteiger partial charge in [0.2, 0.25) is 0 Å². The molecule has 2 N–H and O–H groups in total. The van der Waals surface area contributed by atoms with Crippen molar-refractivity contribution in [2.75, 3.05) is 19.6 Å². The van der Waals surface area contributed by atoms with Gasteiger partial charge in [0.1, 0.15) is 5.82 Å². The van der Waals surface area contributed by atoms with Crippen LogP contribution in [0.1, 0.15) is 82.8 Å². The van der Waals surface area contributed by atoms with Crippen LogP contribution in [0.4, 0.5) is 4.79 Å². The van der Waals surface area contributed by atoms with E-state index in [4.69, 9.17) is 4.98 Å². The number of rotatable bonds is 3. The van der Waals surface area contributed by atoms with Crippen LogP contribution in [-0.4, -0.2) is 67.9 Å². The Labute approximate surface area is 161 Å². The van der Waals surface area contributed by atoms with E-state index in [0.717, 1.165) is 44.0 Å². The second-order valence-electron chi connectivity index (χ2n) is 9.72. The summed E-state index contributed by atoms with van der Waals surface area (Å²) in [5.41, 5.74) is -0.0453. The molecule has 7 nitrogen and oxygen atoms in total. The molecule has 4 rings (SSSR count). The Hall–Kier alpha value is -1.63. The first-order valence-corrected chi connectivity index (χ1v) is 10.5. The fraction of sp³-hybridized carbons (Fsp3) is 0.850. The normalized spacial score (nSPS) is 30.5. The van der Waals surface area contributed by atoms with Crippen LogP contribution in [-0.2, 0) is 0 Å². The number of nitrogens with zero attached hydrogens (tertiary/aromatic N) is 4. The molecule has 3 fully saturated rings. The molecule has 2 saturated heterocycles. The van der Waals surface area contributed by atoms with Gasteiger partial charge in [-0.15, -0.1) is 0 Å². The summed E-state index contributed by atoms with van der Waals surface area (Å²) in [6.07, 6.45) is 5.85. The summed E-state index contributed by atoms with van der Waals surface area (Å²) in [5.74, 6) is 3.06. The van der Waals surface area contributed by atoms with E-state index in [-0.39, 0.29) is 11.5 Å². The van der Waals surface area contributed by atoms with E-state index in [1.165, 1.54) is 19.3 Å². The minimum absolute atomic E-state index is 0.0453. The quantitative estimate of drug-likeness (QED) is 0.845. The van der Waals surface area contributed by atoms with Crippen LogP contribution in [0.3, 0.4) is 0 Å². The number of hydrogen-bond donors (Lipinski definition) is 2. The lowest BCUT2D eigenvalue weighted by Crippen LogP contribution is -2.57. The summed E-state index contributed by atoms with van der Waals surface area (Å²) in [6, 6.07) is 0.527. The number of aromatic nitrogens is 3. The molecule has 27 heavy (non-hydrogen) atoms. The highest BCUT2D eigenvalue weighted by atomic mass is 16.4. The third-order valence-electron chi connectivity index (χ3n) is 6.64. The maximum Gasteiger partial charge on any atom is 0.407 e. The zero-order valence-corrected chi connectivity index (χ0v) is 16.8. The zero-order chi connectivity index (χ0) is 19.2. The third-order valence-corrected chi connectivity index (χ3v) is 6.64. The SMILES string of the molecule is CC(C)(C)C1CC(N2CCCC(c3nc(C4CC4)n[nH]3)C2)CCN1C(=O)O. The number of H-pyrrole nitrogens is 1. The Morgan fingerprint density at radius 2 is 1.93 bits per heavy atom. The second kappa shape index (κ2) is 7.08. The monoisotopic (exact) mass is 375 g/mol. The summed E-state index contributed by atoms with van der Waals surface area (Å²) in [7, 11) is 0. The molecule has 1 aromatic heterocycles.